The average molecular weight is 232 g/mol. The van der Waals surface area contributed by atoms with E-state index in [0.29, 0.717) is 11.1 Å². The average Bonchev–Trinajstić information content (AvgIpc) is 2.14. The Kier molecular flexibility index (Phi) is 3.46. The number of benzene rings is 1. The van der Waals surface area contributed by atoms with Crippen LogP contribution in [0.3, 0.4) is 0 Å². The zero-order chi connectivity index (χ0) is 13.4. The van der Waals surface area contributed by atoms with Crippen molar-refractivity contribution in [2.24, 2.45) is 0 Å². The molecule has 0 aliphatic carbocycles. The fourth-order valence-corrected chi connectivity index (χ4v) is 1.66. The number of aromatic hydroxyl groups is 1. The molecule has 92 valence electrons. The largest absolute Gasteiger partial charge is 0.507 e. The fraction of sp³-hybridized carbons (Fsp3) is 0.400. The second-order valence-electron chi connectivity index (χ2n) is 5.51. The number of phenols is 1. The van der Waals surface area contributed by atoms with Gasteiger partial charge in [0.2, 0.25) is 0 Å². The number of ketones is 1. The van der Waals surface area contributed by atoms with Crippen molar-refractivity contribution >= 4 is 11.4 Å². The second kappa shape index (κ2) is 4.36. The summed E-state index contributed by atoms with van der Waals surface area (Å²) in [5, 5.41) is 10.0. The van der Waals surface area contributed by atoms with E-state index in [-0.39, 0.29) is 16.9 Å². The molecule has 0 fully saturated rings. The monoisotopic (exact) mass is 232 g/mol. The highest BCUT2D eigenvalue weighted by Crippen LogP contribution is 2.34. The number of phenolic OH excluding ortho intramolecular Hbond substituents is 1. The van der Waals surface area contributed by atoms with Crippen molar-refractivity contribution in [3.05, 3.63) is 35.4 Å². The maximum absolute atomic E-state index is 11.5. The Morgan fingerprint density at radius 1 is 1.18 bits per heavy atom. The van der Waals surface area contributed by atoms with Gasteiger partial charge in [0.05, 0.1) is 5.56 Å². The summed E-state index contributed by atoms with van der Waals surface area (Å²) >= 11 is 0. The minimum absolute atomic E-state index is 0.0398. The molecule has 0 spiro atoms. The van der Waals surface area contributed by atoms with Crippen LogP contribution in [-0.4, -0.2) is 10.9 Å². The van der Waals surface area contributed by atoms with Gasteiger partial charge in [0.25, 0.3) is 0 Å². The Morgan fingerprint density at radius 2 is 1.65 bits per heavy atom. The molecule has 1 rings (SSSR count). The highest BCUT2D eigenvalue weighted by molar-refractivity contribution is 5.98. The third-order valence-electron chi connectivity index (χ3n) is 2.82. The van der Waals surface area contributed by atoms with Gasteiger partial charge in [0, 0.05) is 5.56 Å². The van der Waals surface area contributed by atoms with Gasteiger partial charge in [-0.1, -0.05) is 27.4 Å². The van der Waals surface area contributed by atoms with Crippen LogP contribution in [0, 0.1) is 0 Å². The van der Waals surface area contributed by atoms with Crippen molar-refractivity contribution < 1.29 is 9.90 Å². The van der Waals surface area contributed by atoms with E-state index in [0.717, 1.165) is 11.1 Å². The Bertz CT molecular complexity index is 441. The first-order chi connectivity index (χ1) is 7.64. The number of rotatable bonds is 2. The molecule has 0 heterocycles. The molecule has 2 nitrogen and oxygen atoms in total. The number of carbonyl (C=O) groups is 1. The minimum atomic E-state index is -0.129. The van der Waals surface area contributed by atoms with Crippen LogP contribution >= 0.6 is 0 Å². The Labute approximate surface area is 103 Å². The first kappa shape index (κ1) is 13.5. The van der Waals surface area contributed by atoms with Crippen molar-refractivity contribution in [2.75, 3.05) is 0 Å². The van der Waals surface area contributed by atoms with Crippen LogP contribution in [0.2, 0.25) is 0 Å². The summed E-state index contributed by atoms with van der Waals surface area (Å²) in [4.78, 5) is 11.5. The summed E-state index contributed by atoms with van der Waals surface area (Å²) in [6.07, 6.45) is 0. The Morgan fingerprint density at radius 3 is 2.00 bits per heavy atom. The summed E-state index contributed by atoms with van der Waals surface area (Å²) in [7, 11) is 0. The maximum Gasteiger partial charge on any atom is 0.163 e. The molecular formula is C15H20O2. The number of allylic oxidation sites excluding steroid dienone is 1. The summed E-state index contributed by atoms with van der Waals surface area (Å²) in [5.41, 5.74) is 2.75. The minimum Gasteiger partial charge on any atom is -0.507 e. The topological polar surface area (TPSA) is 37.3 Å². The molecule has 1 aromatic carbocycles. The van der Waals surface area contributed by atoms with Crippen LogP contribution < -0.4 is 0 Å². The summed E-state index contributed by atoms with van der Waals surface area (Å²) in [5.74, 6) is -0.0888. The van der Waals surface area contributed by atoms with Gasteiger partial charge in [-0.05, 0) is 42.5 Å². The molecule has 17 heavy (non-hydrogen) atoms. The first-order valence-electron chi connectivity index (χ1n) is 5.69. The van der Waals surface area contributed by atoms with Crippen LogP contribution in [0.25, 0.3) is 5.57 Å². The molecule has 1 aromatic rings. The van der Waals surface area contributed by atoms with Gasteiger partial charge in [0.1, 0.15) is 5.75 Å². The number of carbonyl (C=O) groups excluding carboxylic acids is 1. The van der Waals surface area contributed by atoms with Crippen molar-refractivity contribution in [3.8, 4) is 5.75 Å². The lowest BCUT2D eigenvalue weighted by molar-refractivity contribution is 0.101. The predicted molar refractivity (Wildman–Crippen MR) is 71.5 cm³/mol. The normalized spacial score (nSPS) is 11.4. The summed E-state index contributed by atoms with van der Waals surface area (Å²) < 4.78 is 0. The SMILES string of the molecule is C=C(C)c1cc(C(C)(C)C)cc(C(C)=O)c1O. The lowest BCUT2D eigenvalue weighted by atomic mass is 9.83. The van der Waals surface area contributed by atoms with E-state index in [2.05, 4.69) is 27.4 Å². The van der Waals surface area contributed by atoms with E-state index in [9.17, 15) is 9.90 Å². The number of hydrogen-bond acceptors (Lipinski definition) is 2. The molecule has 0 saturated carbocycles. The van der Waals surface area contributed by atoms with E-state index in [4.69, 9.17) is 0 Å². The smallest absolute Gasteiger partial charge is 0.163 e. The zero-order valence-electron chi connectivity index (χ0n) is 11.2. The van der Waals surface area contributed by atoms with Crippen molar-refractivity contribution in [1.29, 1.82) is 0 Å². The fourth-order valence-electron chi connectivity index (χ4n) is 1.66. The Balaban J connectivity index is 3.59. The number of Topliss-reactive ketones (excluding diaryl/α,β-unsaturated/α-hetero) is 1. The lowest BCUT2D eigenvalue weighted by Gasteiger charge is -2.22. The molecule has 2 heteroatoms. The van der Waals surface area contributed by atoms with Gasteiger partial charge < -0.3 is 5.11 Å². The number of hydrogen-bond donors (Lipinski definition) is 1. The maximum atomic E-state index is 11.5. The molecule has 0 saturated heterocycles. The van der Waals surface area contributed by atoms with E-state index in [1.165, 1.54) is 6.92 Å². The molecule has 0 aromatic heterocycles. The Hall–Kier alpha value is -1.57. The quantitative estimate of drug-likeness (QED) is 0.784. The molecule has 0 amide bonds. The van der Waals surface area contributed by atoms with Crippen molar-refractivity contribution in [2.45, 2.75) is 40.0 Å². The first-order valence-corrected chi connectivity index (χ1v) is 5.69. The van der Waals surface area contributed by atoms with Gasteiger partial charge >= 0.3 is 0 Å². The van der Waals surface area contributed by atoms with Crippen LogP contribution in [0.4, 0.5) is 0 Å². The van der Waals surface area contributed by atoms with Crippen molar-refractivity contribution in [3.63, 3.8) is 0 Å². The second-order valence-corrected chi connectivity index (χ2v) is 5.51. The van der Waals surface area contributed by atoms with Gasteiger partial charge in [-0.15, -0.1) is 0 Å². The highest BCUT2D eigenvalue weighted by Gasteiger charge is 2.20. The molecule has 0 aliphatic rings. The third-order valence-corrected chi connectivity index (χ3v) is 2.82. The highest BCUT2D eigenvalue weighted by atomic mass is 16.3. The third kappa shape index (κ3) is 2.76. The standard InChI is InChI=1S/C15H20O2/c1-9(2)12-7-11(15(4,5)6)8-13(10(3)16)14(12)17/h7-8,17H,1H2,2-6H3. The predicted octanol–water partition coefficient (Wildman–Crippen LogP) is 3.93. The van der Waals surface area contributed by atoms with Crippen molar-refractivity contribution in [1.82, 2.24) is 0 Å². The van der Waals surface area contributed by atoms with Gasteiger partial charge in [-0.25, -0.2) is 0 Å². The van der Waals surface area contributed by atoms with Crippen LogP contribution in [0.1, 0.15) is 56.1 Å². The molecule has 0 radical (unpaired) electrons. The molecule has 0 aliphatic heterocycles. The molecule has 0 bridgehead atoms. The molecule has 1 N–H and O–H groups in total. The van der Waals surface area contributed by atoms with Crippen LogP contribution in [0.5, 0.6) is 5.75 Å². The van der Waals surface area contributed by atoms with Crippen LogP contribution in [0.15, 0.2) is 18.7 Å². The van der Waals surface area contributed by atoms with E-state index < -0.39 is 0 Å². The lowest BCUT2D eigenvalue weighted by Crippen LogP contribution is -2.13. The van der Waals surface area contributed by atoms with Gasteiger partial charge in [-0.3, -0.25) is 4.79 Å². The summed E-state index contributed by atoms with van der Waals surface area (Å²) in [6, 6.07) is 3.67. The summed E-state index contributed by atoms with van der Waals surface area (Å²) in [6.45, 7) is 13.4. The van der Waals surface area contributed by atoms with E-state index in [1.807, 2.05) is 13.0 Å². The van der Waals surface area contributed by atoms with Gasteiger partial charge in [-0.2, -0.15) is 0 Å². The molecule has 0 atom stereocenters. The zero-order valence-corrected chi connectivity index (χ0v) is 11.2. The van der Waals surface area contributed by atoms with E-state index >= 15 is 0 Å². The van der Waals surface area contributed by atoms with Crippen LogP contribution in [-0.2, 0) is 5.41 Å². The molecule has 0 unspecified atom stereocenters. The van der Waals surface area contributed by atoms with E-state index in [1.54, 1.807) is 6.07 Å². The molecular weight excluding hydrogens is 212 g/mol. The van der Waals surface area contributed by atoms with Gasteiger partial charge in [0.15, 0.2) is 5.78 Å².